The molecule has 0 saturated carbocycles. The van der Waals surface area contributed by atoms with Crippen molar-refractivity contribution >= 4 is 32.6 Å². The Balaban J connectivity index is 2.33. The van der Waals surface area contributed by atoms with Gasteiger partial charge in [-0.25, -0.2) is 0 Å². The van der Waals surface area contributed by atoms with E-state index in [9.17, 15) is 0 Å². The van der Waals surface area contributed by atoms with E-state index >= 15 is 0 Å². The fraction of sp³-hybridized carbons (Fsp3) is 0.0667. The molecule has 2 aromatic heterocycles. The zero-order valence-electron chi connectivity index (χ0n) is 9.54. The number of hydrogen-bond acceptors (Lipinski definition) is 0. The smallest absolute Gasteiger partial charge is 0.0536 e. The zero-order valence-corrected chi connectivity index (χ0v) is 9.54. The van der Waals surface area contributed by atoms with E-state index in [2.05, 4.69) is 53.3 Å². The number of fused-ring (bicyclic) bond motifs is 5. The van der Waals surface area contributed by atoms with Gasteiger partial charge in [0.1, 0.15) is 0 Å². The lowest BCUT2D eigenvalue weighted by atomic mass is 10.1. The number of hydrogen-bond donors (Lipinski definition) is 2. The number of benzene rings is 2. The monoisotopic (exact) mass is 220 g/mol. The van der Waals surface area contributed by atoms with Crippen LogP contribution in [-0.2, 0) is 0 Å². The van der Waals surface area contributed by atoms with E-state index in [-0.39, 0.29) is 0 Å². The molecule has 0 radical (unpaired) electrons. The zero-order chi connectivity index (χ0) is 11.4. The summed E-state index contributed by atoms with van der Waals surface area (Å²) in [6.45, 7) is 2.10. The van der Waals surface area contributed by atoms with Crippen molar-refractivity contribution in [3.63, 3.8) is 0 Å². The molecule has 4 aromatic rings. The van der Waals surface area contributed by atoms with Crippen molar-refractivity contribution in [2.75, 3.05) is 0 Å². The van der Waals surface area contributed by atoms with Crippen LogP contribution in [0.5, 0.6) is 0 Å². The van der Waals surface area contributed by atoms with Crippen LogP contribution in [0.1, 0.15) is 5.69 Å². The van der Waals surface area contributed by atoms with Crippen LogP contribution < -0.4 is 0 Å². The summed E-state index contributed by atoms with van der Waals surface area (Å²) in [5.74, 6) is 0. The lowest BCUT2D eigenvalue weighted by Gasteiger charge is -2.01. The van der Waals surface area contributed by atoms with Crippen molar-refractivity contribution in [2.45, 2.75) is 6.92 Å². The minimum Gasteiger partial charge on any atom is -0.361 e. The van der Waals surface area contributed by atoms with E-state index in [1.54, 1.807) is 0 Å². The van der Waals surface area contributed by atoms with E-state index < -0.39 is 0 Å². The highest BCUT2D eigenvalue weighted by Crippen LogP contribution is 2.30. The molecule has 0 spiro atoms. The molecule has 2 heteroatoms. The van der Waals surface area contributed by atoms with Crippen molar-refractivity contribution in [1.29, 1.82) is 0 Å². The van der Waals surface area contributed by atoms with Gasteiger partial charge in [-0.15, -0.1) is 0 Å². The molecule has 2 nitrogen and oxygen atoms in total. The summed E-state index contributed by atoms with van der Waals surface area (Å²) in [6.07, 6.45) is 1.99. The first-order chi connectivity index (χ1) is 8.33. The lowest BCUT2D eigenvalue weighted by molar-refractivity contribution is 1.31. The number of H-pyrrole nitrogens is 2. The molecule has 0 saturated heterocycles. The second-order valence-electron chi connectivity index (χ2n) is 4.58. The summed E-state index contributed by atoms with van der Waals surface area (Å²) in [4.78, 5) is 6.76. The molecule has 17 heavy (non-hydrogen) atoms. The molecule has 4 rings (SSSR count). The van der Waals surface area contributed by atoms with Gasteiger partial charge in [-0.3, -0.25) is 0 Å². The topological polar surface area (TPSA) is 31.6 Å². The Morgan fingerprint density at radius 3 is 2.47 bits per heavy atom. The maximum atomic E-state index is 3.44. The molecule has 2 N–H and O–H groups in total. The molecule has 0 atom stereocenters. The first-order valence-electron chi connectivity index (χ1n) is 5.81. The summed E-state index contributed by atoms with van der Waals surface area (Å²) >= 11 is 0. The Bertz CT molecular complexity index is 849. The fourth-order valence-electron chi connectivity index (χ4n) is 2.68. The minimum atomic E-state index is 1.21. The molecule has 0 aliphatic rings. The molecule has 0 unspecified atom stereocenters. The van der Waals surface area contributed by atoms with Crippen molar-refractivity contribution < 1.29 is 0 Å². The Hall–Kier alpha value is -2.22. The predicted molar refractivity (Wildman–Crippen MR) is 72.4 cm³/mol. The molecule has 0 fully saturated rings. The summed E-state index contributed by atoms with van der Waals surface area (Å²) in [6, 6.07) is 13.0. The van der Waals surface area contributed by atoms with Crippen molar-refractivity contribution in [2.24, 2.45) is 0 Å². The number of aryl methyl sites for hydroxylation is 1. The molecule has 0 aliphatic heterocycles. The number of aromatic nitrogens is 2. The molecular weight excluding hydrogens is 208 g/mol. The van der Waals surface area contributed by atoms with Gasteiger partial charge in [-0.2, -0.15) is 0 Å². The fourth-order valence-corrected chi connectivity index (χ4v) is 2.68. The normalized spacial score (nSPS) is 11.8. The summed E-state index contributed by atoms with van der Waals surface area (Å²) in [5.41, 5.74) is 3.66. The summed E-state index contributed by atoms with van der Waals surface area (Å²) in [7, 11) is 0. The third-order valence-corrected chi connectivity index (χ3v) is 3.45. The molecule has 2 aromatic carbocycles. The van der Waals surface area contributed by atoms with Gasteiger partial charge in [0.05, 0.1) is 11.0 Å². The van der Waals surface area contributed by atoms with Crippen LogP contribution in [0.25, 0.3) is 32.6 Å². The Labute approximate surface area is 98.3 Å². The average Bonchev–Trinajstić information content (AvgIpc) is 2.92. The lowest BCUT2D eigenvalue weighted by Crippen LogP contribution is -1.78. The van der Waals surface area contributed by atoms with Gasteiger partial charge in [0.15, 0.2) is 0 Å². The Morgan fingerprint density at radius 1 is 0.824 bits per heavy atom. The number of nitrogens with one attached hydrogen (secondary N) is 2. The second kappa shape index (κ2) is 2.92. The van der Waals surface area contributed by atoms with Crippen LogP contribution in [0.3, 0.4) is 0 Å². The summed E-state index contributed by atoms with van der Waals surface area (Å²) < 4.78 is 0. The highest BCUT2D eigenvalue weighted by Gasteiger charge is 2.06. The minimum absolute atomic E-state index is 1.21. The SMILES string of the molecule is Cc1cc2ccc3c(ccc4cc[nH]c43)c2[nH]1. The van der Waals surface area contributed by atoms with Crippen LogP contribution in [-0.4, -0.2) is 9.97 Å². The second-order valence-corrected chi connectivity index (χ2v) is 4.58. The van der Waals surface area contributed by atoms with E-state index in [0.717, 1.165) is 0 Å². The largest absolute Gasteiger partial charge is 0.361 e. The molecule has 0 bridgehead atoms. The van der Waals surface area contributed by atoms with Crippen molar-refractivity contribution in [3.05, 3.63) is 48.3 Å². The molecule has 2 heterocycles. The van der Waals surface area contributed by atoms with Crippen LogP contribution >= 0.6 is 0 Å². The van der Waals surface area contributed by atoms with E-state index in [0.29, 0.717) is 0 Å². The van der Waals surface area contributed by atoms with E-state index in [4.69, 9.17) is 0 Å². The third-order valence-electron chi connectivity index (χ3n) is 3.45. The van der Waals surface area contributed by atoms with Crippen molar-refractivity contribution in [1.82, 2.24) is 9.97 Å². The van der Waals surface area contributed by atoms with Gasteiger partial charge in [0.2, 0.25) is 0 Å². The van der Waals surface area contributed by atoms with E-state index in [1.807, 2.05) is 6.20 Å². The van der Waals surface area contributed by atoms with Gasteiger partial charge in [-0.05, 0) is 19.1 Å². The van der Waals surface area contributed by atoms with Gasteiger partial charge in [-0.1, -0.05) is 24.3 Å². The van der Waals surface area contributed by atoms with Gasteiger partial charge in [0, 0.05) is 33.4 Å². The maximum Gasteiger partial charge on any atom is 0.0536 e. The maximum absolute atomic E-state index is 3.44. The Kier molecular flexibility index (Phi) is 1.52. The molecule has 0 amide bonds. The highest BCUT2D eigenvalue weighted by molar-refractivity contribution is 6.15. The van der Waals surface area contributed by atoms with Gasteiger partial charge < -0.3 is 9.97 Å². The first-order valence-corrected chi connectivity index (χ1v) is 5.81. The molecule has 0 aliphatic carbocycles. The quantitative estimate of drug-likeness (QED) is 0.447. The predicted octanol–water partition coefficient (Wildman–Crippen LogP) is 4.11. The van der Waals surface area contributed by atoms with Gasteiger partial charge in [0.25, 0.3) is 0 Å². The Morgan fingerprint density at radius 2 is 1.59 bits per heavy atom. The van der Waals surface area contributed by atoms with Crippen LogP contribution in [0.15, 0.2) is 42.6 Å². The average molecular weight is 220 g/mol. The molecular formula is C15H12N2. The third kappa shape index (κ3) is 1.10. The van der Waals surface area contributed by atoms with Crippen molar-refractivity contribution in [3.8, 4) is 0 Å². The highest BCUT2D eigenvalue weighted by atomic mass is 14.7. The number of rotatable bonds is 0. The molecule has 82 valence electrons. The van der Waals surface area contributed by atoms with Crippen LogP contribution in [0, 0.1) is 6.92 Å². The van der Waals surface area contributed by atoms with Crippen LogP contribution in [0.4, 0.5) is 0 Å². The van der Waals surface area contributed by atoms with Crippen LogP contribution in [0.2, 0.25) is 0 Å². The van der Waals surface area contributed by atoms with Gasteiger partial charge >= 0.3 is 0 Å². The van der Waals surface area contributed by atoms with E-state index in [1.165, 1.54) is 38.3 Å². The summed E-state index contributed by atoms with van der Waals surface area (Å²) in [5, 5.41) is 5.11. The number of aromatic amines is 2. The standard InChI is InChI=1S/C15H12N2/c1-9-8-11-3-5-12-13(15(11)17-9)4-2-10-6-7-16-14(10)12/h2-8,16-17H,1H3. The first kappa shape index (κ1) is 8.88.